The Morgan fingerprint density at radius 2 is 1.75 bits per heavy atom. The lowest BCUT2D eigenvalue weighted by Crippen LogP contribution is -2.13. The summed E-state index contributed by atoms with van der Waals surface area (Å²) in [5.41, 5.74) is 4.19. The van der Waals surface area contributed by atoms with Gasteiger partial charge < -0.3 is 0 Å². The van der Waals surface area contributed by atoms with Crippen molar-refractivity contribution in [2.24, 2.45) is 5.92 Å². The summed E-state index contributed by atoms with van der Waals surface area (Å²) in [7, 11) is 0. The van der Waals surface area contributed by atoms with Gasteiger partial charge >= 0.3 is 0 Å². The zero-order valence-electron chi connectivity index (χ0n) is 17.6. The smallest absolute Gasteiger partial charge is 0.131 e. The zero-order chi connectivity index (χ0) is 19.8. The maximum Gasteiger partial charge on any atom is 0.131 e. The number of halogens is 1. The second-order valence-corrected chi connectivity index (χ2v) is 8.40. The average Bonchev–Trinajstić information content (AvgIpc) is 2.73. The van der Waals surface area contributed by atoms with E-state index in [2.05, 4.69) is 49.4 Å². The van der Waals surface area contributed by atoms with E-state index in [0.717, 1.165) is 29.9 Å². The number of allylic oxidation sites excluding steroid dienone is 2. The summed E-state index contributed by atoms with van der Waals surface area (Å²) < 4.78 is 14.9. The molecule has 1 saturated carbocycles. The third-order valence-corrected chi connectivity index (χ3v) is 6.38. The van der Waals surface area contributed by atoms with Crippen molar-refractivity contribution in [3.05, 3.63) is 71.6 Å². The highest BCUT2D eigenvalue weighted by atomic mass is 19.1. The molecule has 28 heavy (non-hydrogen) atoms. The molecule has 0 N–H and O–H groups in total. The molecule has 2 aromatic rings. The molecular weight excluding hydrogens is 343 g/mol. The number of rotatable bonds is 8. The number of unbranched alkanes of at least 4 members (excludes halogenated alkanes) is 1. The van der Waals surface area contributed by atoms with E-state index in [-0.39, 0.29) is 5.82 Å². The minimum atomic E-state index is -0.0766. The van der Waals surface area contributed by atoms with Crippen molar-refractivity contribution >= 4 is 0 Å². The van der Waals surface area contributed by atoms with Crippen LogP contribution in [-0.2, 0) is 6.42 Å². The fraction of sp³-hybridized carbons (Fsp3) is 0.481. The van der Waals surface area contributed by atoms with Gasteiger partial charge in [-0.2, -0.15) is 0 Å². The van der Waals surface area contributed by atoms with Gasteiger partial charge in [0.15, 0.2) is 0 Å². The van der Waals surface area contributed by atoms with Crippen molar-refractivity contribution in [3.8, 4) is 11.1 Å². The monoisotopic (exact) mass is 378 g/mol. The van der Waals surface area contributed by atoms with Gasteiger partial charge in [-0.1, -0.05) is 74.7 Å². The average molecular weight is 379 g/mol. The first-order valence-corrected chi connectivity index (χ1v) is 11.2. The fourth-order valence-corrected chi connectivity index (χ4v) is 4.56. The lowest BCUT2D eigenvalue weighted by molar-refractivity contribution is 0.304. The molecule has 0 nitrogen and oxygen atoms in total. The van der Waals surface area contributed by atoms with Crippen LogP contribution in [-0.4, -0.2) is 0 Å². The van der Waals surface area contributed by atoms with Crippen LogP contribution in [0.3, 0.4) is 0 Å². The van der Waals surface area contributed by atoms with Crippen molar-refractivity contribution in [1.29, 1.82) is 0 Å². The topological polar surface area (TPSA) is 0 Å². The molecule has 0 aliphatic heterocycles. The van der Waals surface area contributed by atoms with Crippen LogP contribution in [0.15, 0.2) is 54.6 Å². The maximum absolute atomic E-state index is 14.9. The van der Waals surface area contributed by atoms with E-state index in [1.807, 2.05) is 13.0 Å². The first kappa shape index (κ1) is 20.8. The van der Waals surface area contributed by atoms with Crippen LogP contribution >= 0.6 is 0 Å². The highest BCUT2D eigenvalue weighted by Crippen LogP contribution is 2.38. The molecule has 0 atom stereocenters. The van der Waals surface area contributed by atoms with Crippen LogP contribution in [0.1, 0.15) is 82.3 Å². The summed E-state index contributed by atoms with van der Waals surface area (Å²) in [6.45, 7) is 4.32. The molecule has 0 heterocycles. The van der Waals surface area contributed by atoms with Gasteiger partial charge in [-0.3, -0.25) is 0 Å². The Hall–Kier alpha value is -1.89. The normalized spacial score (nSPS) is 20.0. The van der Waals surface area contributed by atoms with Crippen molar-refractivity contribution in [2.45, 2.75) is 77.6 Å². The minimum absolute atomic E-state index is 0.0766. The maximum atomic E-state index is 14.9. The molecule has 1 aliphatic carbocycles. The molecule has 0 saturated heterocycles. The Morgan fingerprint density at radius 3 is 2.39 bits per heavy atom. The molecule has 150 valence electrons. The Balaban J connectivity index is 1.63. The number of hydrogen-bond donors (Lipinski definition) is 0. The highest BCUT2D eigenvalue weighted by Gasteiger charge is 2.22. The van der Waals surface area contributed by atoms with Crippen LogP contribution in [0.2, 0.25) is 0 Å². The molecule has 0 amide bonds. The van der Waals surface area contributed by atoms with E-state index >= 15 is 0 Å². The molecule has 3 rings (SSSR count). The van der Waals surface area contributed by atoms with E-state index in [0.29, 0.717) is 5.92 Å². The number of aryl methyl sites for hydroxylation is 1. The SMILES string of the molecule is C/C=C/CCc1ccc(-c2ccc(C3CCC(CCCC)CC3)cc2F)cc1. The van der Waals surface area contributed by atoms with Crippen LogP contribution in [0, 0.1) is 11.7 Å². The summed E-state index contributed by atoms with van der Waals surface area (Å²) in [5.74, 6) is 1.36. The standard InChI is InChI=1S/C27H35F/c1-3-5-7-9-22-12-16-24(17-13-22)26-19-18-25(20-27(26)28)23-14-10-21(11-15-23)8-6-4-2/h3,5,12-13,16-21,23H,4,6-11,14-15H2,1-2H3/b5-3+. The van der Waals surface area contributed by atoms with Crippen molar-refractivity contribution in [1.82, 2.24) is 0 Å². The van der Waals surface area contributed by atoms with E-state index in [9.17, 15) is 4.39 Å². The Labute approximate surface area is 170 Å². The largest absolute Gasteiger partial charge is 0.206 e. The Kier molecular flexibility index (Phi) is 7.89. The highest BCUT2D eigenvalue weighted by molar-refractivity contribution is 5.65. The van der Waals surface area contributed by atoms with E-state index < -0.39 is 0 Å². The quantitative estimate of drug-likeness (QED) is 0.404. The van der Waals surface area contributed by atoms with Gasteiger partial charge in [-0.05, 0) is 80.0 Å². The Morgan fingerprint density at radius 1 is 1.00 bits per heavy atom. The molecule has 0 aromatic heterocycles. The summed E-state index contributed by atoms with van der Waals surface area (Å²) in [5, 5.41) is 0. The lowest BCUT2D eigenvalue weighted by Gasteiger charge is -2.29. The summed E-state index contributed by atoms with van der Waals surface area (Å²) >= 11 is 0. The van der Waals surface area contributed by atoms with E-state index in [1.165, 1.54) is 56.1 Å². The summed E-state index contributed by atoms with van der Waals surface area (Å²) in [6.07, 6.45) is 15.4. The van der Waals surface area contributed by atoms with Crippen molar-refractivity contribution < 1.29 is 4.39 Å². The number of hydrogen-bond acceptors (Lipinski definition) is 0. The molecule has 1 aliphatic rings. The van der Waals surface area contributed by atoms with Crippen molar-refractivity contribution in [2.75, 3.05) is 0 Å². The van der Waals surface area contributed by atoms with Crippen LogP contribution < -0.4 is 0 Å². The van der Waals surface area contributed by atoms with Gasteiger partial charge in [0.2, 0.25) is 0 Å². The Bertz CT molecular complexity index is 748. The van der Waals surface area contributed by atoms with Crippen LogP contribution in [0.4, 0.5) is 4.39 Å². The van der Waals surface area contributed by atoms with Gasteiger partial charge in [0.05, 0.1) is 0 Å². The van der Waals surface area contributed by atoms with Crippen molar-refractivity contribution in [3.63, 3.8) is 0 Å². The number of benzene rings is 2. The third-order valence-electron chi connectivity index (χ3n) is 6.38. The minimum Gasteiger partial charge on any atom is -0.206 e. The summed E-state index contributed by atoms with van der Waals surface area (Å²) in [4.78, 5) is 0. The van der Waals surface area contributed by atoms with Gasteiger partial charge in [0.1, 0.15) is 5.82 Å². The molecule has 0 bridgehead atoms. The predicted molar refractivity (Wildman–Crippen MR) is 119 cm³/mol. The molecular formula is C27H35F. The third kappa shape index (κ3) is 5.56. The molecule has 0 spiro atoms. The predicted octanol–water partition coefficient (Wildman–Crippen LogP) is 8.47. The second kappa shape index (κ2) is 10.6. The van der Waals surface area contributed by atoms with Crippen LogP contribution in [0.25, 0.3) is 11.1 Å². The fourth-order valence-electron chi connectivity index (χ4n) is 4.56. The lowest BCUT2D eigenvalue weighted by atomic mass is 9.77. The van der Waals surface area contributed by atoms with Gasteiger partial charge in [-0.15, -0.1) is 0 Å². The molecule has 1 heteroatoms. The first-order chi connectivity index (χ1) is 13.7. The molecule has 0 radical (unpaired) electrons. The van der Waals surface area contributed by atoms with E-state index in [1.54, 1.807) is 6.07 Å². The van der Waals surface area contributed by atoms with E-state index in [4.69, 9.17) is 0 Å². The van der Waals surface area contributed by atoms with Gasteiger partial charge in [0, 0.05) is 5.56 Å². The summed E-state index contributed by atoms with van der Waals surface area (Å²) in [6, 6.07) is 14.3. The molecule has 0 unspecified atom stereocenters. The first-order valence-electron chi connectivity index (χ1n) is 11.2. The second-order valence-electron chi connectivity index (χ2n) is 8.40. The zero-order valence-corrected chi connectivity index (χ0v) is 17.6. The molecule has 1 fully saturated rings. The molecule has 2 aromatic carbocycles. The van der Waals surface area contributed by atoms with Crippen LogP contribution in [0.5, 0.6) is 0 Å². The van der Waals surface area contributed by atoms with Gasteiger partial charge in [0.25, 0.3) is 0 Å². The van der Waals surface area contributed by atoms with Gasteiger partial charge in [-0.25, -0.2) is 4.39 Å².